The molecule has 0 aliphatic carbocycles. The summed E-state index contributed by atoms with van der Waals surface area (Å²) in [6.07, 6.45) is 6.72. The van der Waals surface area contributed by atoms with Gasteiger partial charge in [0, 0.05) is 13.0 Å². The average Bonchev–Trinajstić information content (AvgIpc) is 2.51. The van der Waals surface area contributed by atoms with Crippen LogP contribution in [0.2, 0.25) is 0 Å². The van der Waals surface area contributed by atoms with Crippen molar-refractivity contribution in [3.05, 3.63) is 23.8 Å². The molecule has 0 aliphatic heterocycles. The topological polar surface area (TPSA) is 64.3 Å². The molecular formula is C18H30N2O2. The first-order chi connectivity index (χ1) is 10.7. The van der Waals surface area contributed by atoms with Crippen molar-refractivity contribution in [2.45, 2.75) is 58.8 Å². The van der Waals surface area contributed by atoms with Gasteiger partial charge in [-0.25, -0.2) is 0 Å². The summed E-state index contributed by atoms with van der Waals surface area (Å²) >= 11 is 0. The Hall–Kier alpha value is -1.71. The summed E-state index contributed by atoms with van der Waals surface area (Å²) < 4.78 is 5.63. The highest BCUT2D eigenvalue weighted by Crippen LogP contribution is 2.23. The highest BCUT2D eigenvalue weighted by atomic mass is 16.5. The van der Waals surface area contributed by atoms with E-state index in [1.165, 1.54) is 6.42 Å². The van der Waals surface area contributed by atoms with Crippen molar-refractivity contribution in [3.63, 3.8) is 0 Å². The predicted molar refractivity (Wildman–Crippen MR) is 92.1 cm³/mol. The number of benzene rings is 1. The molecule has 3 N–H and O–H groups in total. The Balaban J connectivity index is 2.33. The van der Waals surface area contributed by atoms with Gasteiger partial charge in [-0.2, -0.15) is 0 Å². The van der Waals surface area contributed by atoms with Crippen LogP contribution in [0.4, 0.5) is 5.69 Å². The smallest absolute Gasteiger partial charge is 0.220 e. The minimum atomic E-state index is 0.109. The quantitative estimate of drug-likeness (QED) is 0.484. The number of nitrogens with two attached hydrogens (primary N) is 1. The Morgan fingerprint density at radius 1 is 1.18 bits per heavy atom. The zero-order valence-electron chi connectivity index (χ0n) is 14.0. The lowest BCUT2D eigenvalue weighted by Gasteiger charge is -2.10. The molecule has 22 heavy (non-hydrogen) atoms. The lowest BCUT2D eigenvalue weighted by molar-refractivity contribution is -0.121. The summed E-state index contributed by atoms with van der Waals surface area (Å²) in [4.78, 5) is 11.7. The largest absolute Gasteiger partial charge is 0.491 e. The fourth-order valence-corrected chi connectivity index (χ4v) is 2.16. The molecule has 1 aromatic rings. The van der Waals surface area contributed by atoms with Crippen LogP contribution < -0.4 is 15.8 Å². The zero-order chi connectivity index (χ0) is 16.2. The lowest BCUT2D eigenvalue weighted by Crippen LogP contribution is -2.24. The fraction of sp³-hybridized carbons (Fsp3) is 0.611. The fourth-order valence-electron chi connectivity index (χ4n) is 2.16. The molecule has 1 amide bonds. The molecule has 0 spiro atoms. The third-order valence-electron chi connectivity index (χ3n) is 3.57. The van der Waals surface area contributed by atoms with E-state index in [-0.39, 0.29) is 5.91 Å². The van der Waals surface area contributed by atoms with E-state index in [2.05, 4.69) is 19.2 Å². The molecule has 0 radical (unpaired) electrons. The summed E-state index contributed by atoms with van der Waals surface area (Å²) in [7, 11) is 0. The number of nitrogen functional groups attached to an aromatic ring is 1. The lowest BCUT2D eigenvalue weighted by atomic mass is 10.1. The molecule has 124 valence electrons. The Labute approximate surface area is 134 Å². The standard InChI is InChI=1S/C18H30N2O2/c1-3-5-7-12-20-18(21)11-9-15-8-10-17(16(19)14-15)22-13-6-4-2/h8,10,14H,3-7,9,11-13,19H2,1-2H3,(H,20,21). The van der Waals surface area contributed by atoms with Crippen LogP contribution in [0.3, 0.4) is 0 Å². The summed E-state index contributed by atoms with van der Waals surface area (Å²) in [6.45, 7) is 5.75. The van der Waals surface area contributed by atoms with Crippen LogP contribution in [0.1, 0.15) is 57.9 Å². The van der Waals surface area contributed by atoms with E-state index in [4.69, 9.17) is 10.5 Å². The van der Waals surface area contributed by atoms with Gasteiger partial charge < -0.3 is 15.8 Å². The molecule has 0 bridgehead atoms. The van der Waals surface area contributed by atoms with Gasteiger partial charge in [-0.15, -0.1) is 0 Å². The molecule has 1 rings (SSSR count). The van der Waals surface area contributed by atoms with Crippen LogP contribution in [0, 0.1) is 0 Å². The van der Waals surface area contributed by atoms with Crippen molar-refractivity contribution in [1.29, 1.82) is 0 Å². The summed E-state index contributed by atoms with van der Waals surface area (Å²) in [5, 5.41) is 2.95. The first-order valence-corrected chi connectivity index (χ1v) is 8.45. The van der Waals surface area contributed by atoms with Gasteiger partial charge in [-0.3, -0.25) is 4.79 Å². The molecule has 0 saturated carbocycles. The number of rotatable bonds is 11. The van der Waals surface area contributed by atoms with Gasteiger partial charge in [-0.05, 0) is 37.0 Å². The van der Waals surface area contributed by atoms with Gasteiger partial charge in [0.2, 0.25) is 5.91 Å². The highest BCUT2D eigenvalue weighted by Gasteiger charge is 2.05. The van der Waals surface area contributed by atoms with Gasteiger partial charge in [0.1, 0.15) is 5.75 Å². The Bertz CT molecular complexity index is 447. The molecule has 4 nitrogen and oxygen atoms in total. The van der Waals surface area contributed by atoms with E-state index < -0.39 is 0 Å². The number of amides is 1. The molecular weight excluding hydrogens is 276 g/mol. The normalized spacial score (nSPS) is 10.5. The number of nitrogens with one attached hydrogen (secondary N) is 1. The summed E-state index contributed by atoms with van der Waals surface area (Å²) in [5.74, 6) is 0.846. The number of unbranched alkanes of at least 4 members (excludes halogenated alkanes) is 3. The number of ether oxygens (including phenoxy) is 1. The molecule has 0 aliphatic rings. The van der Waals surface area contributed by atoms with Crippen molar-refractivity contribution >= 4 is 11.6 Å². The van der Waals surface area contributed by atoms with E-state index in [1.807, 2.05) is 18.2 Å². The van der Waals surface area contributed by atoms with Crippen LogP contribution in [0.5, 0.6) is 5.75 Å². The van der Waals surface area contributed by atoms with Crippen LogP contribution in [0.25, 0.3) is 0 Å². The molecule has 0 aromatic heterocycles. The maximum absolute atomic E-state index is 11.7. The van der Waals surface area contributed by atoms with Crippen LogP contribution in [-0.4, -0.2) is 19.1 Å². The van der Waals surface area contributed by atoms with Gasteiger partial charge in [0.25, 0.3) is 0 Å². The first-order valence-electron chi connectivity index (χ1n) is 8.45. The minimum absolute atomic E-state index is 0.109. The molecule has 1 aromatic carbocycles. The van der Waals surface area contributed by atoms with E-state index >= 15 is 0 Å². The van der Waals surface area contributed by atoms with E-state index in [0.717, 1.165) is 43.5 Å². The molecule has 0 unspecified atom stereocenters. The molecule has 0 fully saturated rings. The second kappa shape index (κ2) is 10.9. The minimum Gasteiger partial charge on any atom is -0.491 e. The van der Waals surface area contributed by atoms with Crippen molar-refractivity contribution in [1.82, 2.24) is 5.32 Å². The van der Waals surface area contributed by atoms with Crippen molar-refractivity contribution < 1.29 is 9.53 Å². The van der Waals surface area contributed by atoms with Gasteiger partial charge in [-0.1, -0.05) is 39.2 Å². The second-order valence-electron chi connectivity index (χ2n) is 5.63. The van der Waals surface area contributed by atoms with Gasteiger partial charge >= 0.3 is 0 Å². The van der Waals surface area contributed by atoms with E-state index in [9.17, 15) is 4.79 Å². The Morgan fingerprint density at radius 3 is 2.64 bits per heavy atom. The number of hydrogen-bond donors (Lipinski definition) is 2. The molecule has 0 heterocycles. The maximum Gasteiger partial charge on any atom is 0.220 e. The third kappa shape index (κ3) is 7.34. The third-order valence-corrected chi connectivity index (χ3v) is 3.57. The molecule has 0 atom stereocenters. The van der Waals surface area contributed by atoms with Crippen LogP contribution in [0.15, 0.2) is 18.2 Å². The van der Waals surface area contributed by atoms with E-state index in [1.54, 1.807) is 0 Å². The van der Waals surface area contributed by atoms with Crippen molar-refractivity contribution in [2.75, 3.05) is 18.9 Å². The van der Waals surface area contributed by atoms with Gasteiger partial charge in [0.05, 0.1) is 12.3 Å². The average molecular weight is 306 g/mol. The number of carbonyl (C=O) groups is 1. The summed E-state index contributed by atoms with van der Waals surface area (Å²) in [6, 6.07) is 5.80. The van der Waals surface area contributed by atoms with E-state index in [0.29, 0.717) is 25.1 Å². The van der Waals surface area contributed by atoms with Crippen LogP contribution >= 0.6 is 0 Å². The van der Waals surface area contributed by atoms with Crippen molar-refractivity contribution in [2.24, 2.45) is 0 Å². The SMILES string of the molecule is CCCCCNC(=O)CCc1ccc(OCCCC)c(N)c1. The first kappa shape index (κ1) is 18.3. The number of hydrogen-bond acceptors (Lipinski definition) is 3. The maximum atomic E-state index is 11.7. The number of anilines is 1. The second-order valence-corrected chi connectivity index (χ2v) is 5.63. The zero-order valence-corrected chi connectivity index (χ0v) is 14.0. The van der Waals surface area contributed by atoms with Crippen molar-refractivity contribution in [3.8, 4) is 5.75 Å². The molecule has 4 heteroatoms. The monoisotopic (exact) mass is 306 g/mol. The van der Waals surface area contributed by atoms with Gasteiger partial charge in [0.15, 0.2) is 0 Å². The Morgan fingerprint density at radius 2 is 1.95 bits per heavy atom. The number of carbonyl (C=O) groups excluding carboxylic acids is 1. The highest BCUT2D eigenvalue weighted by molar-refractivity contribution is 5.76. The van der Waals surface area contributed by atoms with Crippen LogP contribution in [-0.2, 0) is 11.2 Å². The number of aryl methyl sites for hydroxylation is 1. The predicted octanol–water partition coefficient (Wildman–Crippen LogP) is 3.69. The summed E-state index contributed by atoms with van der Waals surface area (Å²) in [5.41, 5.74) is 7.72. The Kier molecular flexibility index (Phi) is 9.12. The molecule has 0 saturated heterocycles.